The number of carbonyl (C=O) groups is 1. The Morgan fingerprint density at radius 2 is 1.73 bits per heavy atom. The maximum Gasteiger partial charge on any atom is 0.251 e. The van der Waals surface area contributed by atoms with Crippen molar-refractivity contribution in [2.24, 2.45) is 0 Å². The SMILES string of the molecule is CCC(C)(C)O[C@@H]1C(C(=O)NCCc2ccc(OC)c(OC)c2)OC(C(C)(C)O)[C@@H](O)[C@H]1O. The Bertz CT molecular complexity index is 791. The van der Waals surface area contributed by atoms with Gasteiger partial charge >= 0.3 is 0 Å². The van der Waals surface area contributed by atoms with Crippen molar-refractivity contribution in [1.82, 2.24) is 5.32 Å². The predicted octanol–water partition coefficient (Wildman–Crippen LogP) is 1.20. The normalized spacial score (nSPS) is 26.1. The molecule has 33 heavy (non-hydrogen) atoms. The van der Waals surface area contributed by atoms with E-state index in [1.165, 1.54) is 13.8 Å². The third-order valence-corrected chi connectivity index (χ3v) is 6.01. The molecule has 0 bridgehead atoms. The van der Waals surface area contributed by atoms with E-state index in [-0.39, 0.29) is 0 Å². The van der Waals surface area contributed by atoms with Gasteiger partial charge in [0.05, 0.1) is 25.4 Å². The summed E-state index contributed by atoms with van der Waals surface area (Å²) < 4.78 is 22.4. The Balaban J connectivity index is 2.15. The number of rotatable bonds is 10. The molecule has 1 aromatic rings. The Labute approximate surface area is 196 Å². The van der Waals surface area contributed by atoms with Crippen LogP contribution in [0.25, 0.3) is 0 Å². The molecule has 188 valence electrons. The molecule has 9 nitrogen and oxygen atoms in total. The molecule has 0 saturated carbocycles. The number of carbonyl (C=O) groups excluding carboxylic acids is 1. The van der Waals surface area contributed by atoms with Crippen LogP contribution in [-0.2, 0) is 20.7 Å². The van der Waals surface area contributed by atoms with E-state index in [4.69, 9.17) is 18.9 Å². The summed E-state index contributed by atoms with van der Waals surface area (Å²) in [6.07, 6.45) is -5.18. The maximum absolute atomic E-state index is 13.1. The van der Waals surface area contributed by atoms with Gasteiger partial charge in [0.2, 0.25) is 0 Å². The molecule has 4 N–H and O–H groups in total. The summed E-state index contributed by atoms with van der Waals surface area (Å²) in [6.45, 7) is 8.79. The average molecular weight is 470 g/mol. The zero-order valence-electron chi connectivity index (χ0n) is 20.6. The Morgan fingerprint density at radius 3 is 2.27 bits per heavy atom. The fourth-order valence-electron chi connectivity index (χ4n) is 3.71. The Kier molecular flexibility index (Phi) is 9.12. The van der Waals surface area contributed by atoms with Crippen LogP contribution in [-0.4, -0.2) is 83.7 Å². The van der Waals surface area contributed by atoms with Crippen molar-refractivity contribution in [2.75, 3.05) is 20.8 Å². The minimum absolute atomic E-state index is 0.296. The average Bonchev–Trinajstić information content (AvgIpc) is 2.75. The zero-order chi connectivity index (χ0) is 25.0. The van der Waals surface area contributed by atoms with Gasteiger partial charge in [-0.2, -0.15) is 0 Å². The predicted molar refractivity (Wildman–Crippen MR) is 122 cm³/mol. The van der Waals surface area contributed by atoms with Crippen molar-refractivity contribution in [3.8, 4) is 11.5 Å². The van der Waals surface area contributed by atoms with Crippen molar-refractivity contribution >= 4 is 5.91 Å². The van der Waals surface area contributed by atoms with Crippen LogP contribution in [0.15, 0.2) is 18.2 Å². The minimum atomic E-state index is -1.48. The number of hydrogen-bond acceptors (Lipinski definition) is 8. The summed E-state index contributed by atoms with van der Waals surface area (Å²) in [5.41, 5.74) is -1.21. The lowest BCUT2D eigenvalue weighted by molar-refractivity contribution is -0.277. The highest BCUT2D eigenvalue weighted by molar-refractivity contribution is 5.81. The molecule has 0 aliphatic carbocycles. The van der Waals surface area contributed by atoms with E-state index in [0.717, 1.165) is 5.56 Å². The lowest BCUT2D eigenvalue weighted by atomic mass is 9.86. The van der Waals surface area contributed by atoms with E-state index in [1.54, 1.807) is 20.3 Å². The van der Waals surface area contributed by atoms with Crippen LogP contribution in [0.2, 0.25) is 0 Å². The van der Waals surface area contributed by atoms with E-state index in [9.17, 15) is 20.1 Å². The van der Waals surface area contributed by atoms with Gasteiger partial charge in [-0.1, -0.05) is 13.0 Å². The summed E-state index contributed by atoms with van der Waals surface area (Å²) in [6, 6.07) is 5.51. The molecule has 5 atom stereocenters. The van der Waals surface area contributed by atoms with Gasteiger partial charge in [0, 0.05) is 6.54 Å². The summed E-state index contributed by atoms with van der Waals surface area (Å²) in [5, 5.41) is 34.6. The third-order valence-electron chi connectivity index (χ3n) is 6.01. The second-order valence-electron chi connectivity index (χ2n) is 9.54. The molecule has 9 heteroatoms. The quantitative estimate of drug-likeness (QED) is 0.403. The lowest BCUT2D eigenvalue weighted by Crippen LogP contribution is -2.67. The molecular weight excluding hydrogens is 430 g/mol. The van der Waals surface area contributed by atoms with Gasteiger partial charge in [0.25, 0.3) is 5.91 Å². The molecule has 1 heterocycles. The first kappa shape index (κ1) is 27.3. The summed E-state index contributed by atoms with van der Waals surface area (Å²) >= 11 is 0. The zero-order valence-corrected chi connectivity index (χ0v) is 20.6. The van der Waals surface area contributed by atoms with Crippen molar-refractivity contribution in [3.05, 3.63) is 23.8 Å². The summed E-state index contributed by atoms with van der Waals surface area (Å²) in [4.78, 5) is 13.1. The number of aliphatic hydroxyl groups is 3. The Morgan fingerprint density at radius 1 is 1.09 bits per heavy atom. The smallest absolute Gasteiger partial charge is 0.251 e. The fourth-order valence-corrected chi connectivity index (χ4v) is 3.71. The molecule has 1 amide bonds. The number of amides is 1. The molecule has 2 rings (SSSR count). The Hall–Kier alpha value is -1.91. The van der Waals surface area contributed by atoms with Crippen LogP contribution in [0.5, 0.6) is 11.5 Å². The first-order valence-corrected chi connectivity index (χ1v) is 11.2. The molecular formula is C24H39NO8. The number of ether oxygens (including phenoxy) is 4. The lowest BCUT2D eigenvalue weighted by Gasteiger charge is -2.47. The minimum Gasteiger partial charge on any atom is -0.493 e. The van der Waals surface area contributed by atoms with Crippen LogP contribution in [0.1, 0.15) is 46.6 Å². The summed E-state index contributed by atoms with van der Waals surface area (Å²) in [7, 11) is 3.12. The van der Waals surface area contributed by atoms with E-state index in [2.05, 4.69) is 5.32 Å². The van der Waals surface area contributed by atoms with Crippen molar-refractivity contribution < 1.29 is 39.1 Å². The first-order valence-electron chi connectivity index (χ1n) is 11.2. The van der Waals surface area contributed by atoms with E-state index < -0.39 is 47.6 Å². The van der Waals surface area contributed by atoms with Crippen molar-refractivity contribution in [1.29, 1.82) is 0 Å². The highest BCUT2D eigenvalue weighted by atomic mass is 16.6. The van der Waals surface area contributed by atoms with E-state index in [1.807, 2.05) is 32.9 Å². The van der Waals surface area contributed by atoms with Gasteiger partial charge in [-0.25, -0.2) is 0 Å². The molecule has 1 aromatic carbocycles. The number of hydrogen-bond donors (Lipinski definition) is 4. The van der Waals surface area contributed by atoms with Gasteiger partial charge in [0.1, 0.15) is 24.4 Å². The molecule has 2 unspecified atom stereocenters. The van der Waals surface area contributed by atoms with Crippen molar-refractivity contribution in [3.63, 3.8) is 0 Å². The fraction of sp³-hybridized carbons (Fsp3) is 0.708. The highest BCUT2D eigenvalue weighted by Gasteiger charge is 2.53. The molecule has 0 aromatic heterocycles. The van der Waals surface area contributed by atoms with Crippen LogP contribution in [0.3, 0.4) is 0 Å². The second kappa shape index (κ2) is 11.0. The standard InChI is InChI=1S/C24H39NO8/c1-8-23(2,3)33-19-17(26)18(27)21(24(4,5)29)32-20(19)22(28)25-12-11-14-9-10-15(30-6)16(13-14)31-7/h9-10,13,17-21,26-27,29H,8,11-12H2,1-7H3,(H,25,28)/t17-,18+,19+,20?,21?/m1/s1. The largest absolute Gasteiger partial charge is 0.493 e. The molecule has 1 saturated heterocycles. The molecule has 1 aliphatic heterocycles. The number of methoxy groups -OCH3 is 2. The van der Waals surface area contributed by atoms with Gasteiger partial charge in [-0.15, -0.1) is 0 Å². The highest BCUT2D eigenvalue weighted by Crippen LogP contribution is 2.33. The van der Waals surface area contributed by atoms with Gasteiger partial charge < -0.3 is 39.6 Å². The molecule has 0 radical (unpaired) electrons. The van der Waals surface area contributed by atoms with Gasteiger partial charge in [0.15, 0.2) is 17.6 Å². The van der Waals surface area contributed by atoms with Crippen LogP contribution in [0, 0.1) is 0 Å². The van der Waals surface area contributed by atoms with Crippen LogP contribution in [0.4, 0.5) is 0 Å². The van der Waals surface area contributed by atoms with Gasteiger partial charge in [-0.3, -0.25) is 4.79 Å². The monoisotopic (exact) mass is 469 g/mol. The number of aliphatic hydroxyl groups excluding tert-OH is 2. The number of nitrogens with one attached hydrogen (secondary N) is 1. The van der Waals surface area contributed by atoms with E-state index >= 15 is 0 Å². The molecule has 0 spiro atoms. The van der Waals surface area contributed by atoms with Gasteiger partial charge in [-0.05, 0) is 58.2 Å². The topological polar surface area (TPSA) is 127 Å². The van der Waals surface area contributed by atoms with Crippen LogP contribution < -0.4 is 14.8 Å². The van der Waals surface area contributed by atoms with E-state index in [0.29, 0.717) is 30.9 Å². The van der Waals surface area contributed by atoms with Crippen LogP contribution >= 0.6 is 0 Å². The maximum atomic E-state index is 13.1. The number of benzene rings is 1. The van der Waals surface area contributed by atoms with Crippen molar-refractivity contribution in [2.45, 2.75) is 89.2 Å². The second-order valence-corrected chi connectivity index (χ2v) is 9.54. The molecule has 1 fully saturated rings. The summed E-state index contributed by atoms with van der Waals surface area (Å²) in [5.74, 6) is 0.717. The molecule has 1 aliphatic rings. The third kappa shape index (κ3) is 6.80. The first-order chi connectivity index (χ1) is 15.3.